The summed E-state index contributed by atoms with van der Waals surface area (Å²) in [5.74, 6) is -0.234. The molecule has 1 unspecified atom stereocenters. The topological polar surface area (TPSA) is 126 Å². The summed E-state index contributed by atoms with van der Waals surface area (Å²) >= 11 is 0. The monoisotopic (exact) mass is 280 g/mol. The number of aromatic nitrogens is 1. The van der Waals surface area contributed by atoms with Gasteiger partial charge in [0.2, 0.25) is 5.82 Å². The number of sulfone groups is 1. The summed E-state index contributed by atoms with van der Waals surface area (Å²) in [5.41, 5.74) is -0.302. The maximum Gasteiger partial charge on any atom is 0.312 e. The molecule has 1 atom stereocenters. The van der Waals surface area contributed by atoms with Crippen molar-refractivity contribution in [2.45, 2.75) is 6.04 Å². The molecule has 1 N–H and O–H groups in total. The van der Waals surface area contributed by atoms with Crippen LogP contribution in [0.15, 0.2) is 23.7 Å². The van der Waals surface area contributed by atoms with Crippen LogP contribution in [-0.4, -0.2) is 30.1 Å². The predicted molar refractivity (Wildman–Crippen MR) is 65.9 cm³/mol. The highest BCUT2D eigenvalue weighted by atomic mass is 32.2. The Kier molecular flexibility index (Phi) is 3.18. The standard InChI is InChI=1S/C10H8N4O4S/c11-4-7-3-9(14(15)16)10(12-5-7)13-8-1-2-19(17,18)6-8/h1-3,5,8H,6H2,(H,12,13). The summed E-state index contributed by atoms with van der Waals surface area (Å²) in [6.07, 6.45) is 2.58. The molecule has 0 spiro atoms. The largest absolute Gasteiger partial charge is 0.357 e. The molecule has 2 rings (SSSR count). The quantitative estimate of drug-likeness (QED) is 0.634. The Morgan fingerprint density at radius 1 is 1.58 bits per heavy atom. The number of rotatable bonds is 3. The van der Waals surface area contributed by atoms with Gasteiger partial charge in [0, 0.05) is 17.7 Å². The average Bonchev–Trinajstić information content (AvgIpc) is 2.69. The molecule has 0 radical (unpaired) electrons. The van der Waals surface area contributed by atoms with Crippen molar-refractivity contribution in [1.82, 2.24) is 4.98 Å². The minimum Gasteiger partial charge on any atom is -0.357 e. The molecule has 1 aliphatic rings. The molecule has 0 amide bonds. The van der Waals surface area contributed by atoms with Crippen molar-refractivity contribution in [3.8, 4) is 6.07 Å². The normalized spacial score (nSPS) is 19.8. The van der Waals surface area contributed by atoms with E-state index in [1.165, 1.54) is 12.3 Å². The lowest BCUT2D eigenvalue weighted by Crippen LogP contribution is -2.22. The maximum absolute atomic E-state index is 11.2. The Bertz CT molecular complexity index is 705. The van der Waals surface area contributed by atoms with E-state index in [0.29, 0.717) is 0 Å². The molecule has 0 aromatic carbocycles. The Balaban J connectivity index is 2.29. The first kappa shape index (κ1) is 13.0. The van der Waals surface area contributed by atoms with Crippen molar-refractivity contribution in [2.24, 2.45) is 0 Å². The molecule has 0 saturated heterocycles. The van der Waals surface area contributed by atoms with E-state index in [1.807, 2.05) is 0 Å². The third-order valence-corrected chi connectivity index (χ3v) is 3.84. The second-order valence-corrected chi connectivity index (χ2v) is 5.80. The van der Waals surface area contributed by atoms with E-state index in [4.69, 9.17) is 5.26 Å². The van der Waals surface area contributed by atoms with Crippen molar-refractivity contribution < 1.29 is 13.3 Å². The fourth-order valence-electron chi connectivity index (χ4n) is 1.61. The molecule has 0 saturated carbocycles. The molecule has 8 nitrogen and oxygen atoms in total. The van der Waals surface area contributed by atoms with E-state index < -0.39 is 20.8 Å². The molecule has 0 bridgehead atoms. The van der Waals surface area contributed by atoms with Gasteiger partial charge in [0.05, 0.1) is 22.3 Å². The van der Waals surface area contributed by atoms with Crippen molar-refractivity contribution in [2.75, 3.05) is 11.1 Å². The Labute approximate surface area is 108 Å². The van der Waals surface area contributed by atoms with Crippen LogP contribution in [0.2, 0.25) is 0 Å². The van der Waals surface area contributed by atoms with Crippen LogP contribution in [0.1, 0.15) is 5.56 Å². The van der Waals surface area contributed by atoms with Crippen LogP contribution in [0.3, 0.4) is 0 Å². The van der Waals surface area contributed by atoms with Gasteiger partial charge in [-0.25, -0.2) is 13.4 Å². The predicted octanol–water partition coefficient (Wildman–Crippen LogP) is 0.584. The van der Waals surface area contributed by atoms with Crippen LogP contribution in [0.25, 0.3) is 0 Å². The van der Waals surface area contributed by atoms with Gasteiger partial charge >= 0.3 is 5.69 Å². The van der Waals surface area contributed by atoms with Crippen LogP contribution >= 0.6 is 0 Å². The van der Waals surface area contributed by atoms with E-state index >= 15 is 0 Å². The molecule has 1 aromatic rings. The summed E-state index contributed by atoms with van der Waals surface area (Å²) in [4.78, 5) is 14.0. The summed E-state index contributed by atoms with van der Waals surface area (Å²) < 4.78 is 22.5. The highest BCUT2D eigenvalue weighted by Crippen LogP contribution is 2.24. The van der Waals surface area contributed by atoms with Crippen LogP contribution in [0.5, 0.6) is 0 Å². The summed E-state index contributed by atoms with van der Waals surface area (Å²) in [6, 6.07) is 2.27. The van der Waals surface area contributed by atoms with Crippen LogP contribution in [-0.2, 0) is 9.84 Å². The first-order valence-corrected chi connectivity index (χ1v) is 6.85. The van der Waals surface area contributed by atoms with E-state index in [-0.39, 0.29) is 22.8 Å². The number of pyridine rings is 1. The summed E-state index contributed by atoms with van der Waals surface area (Å²) in [6.45, 7) is 0. The lowest BCUT2D eigenvalue weighted by atomic mass is 10.2. The number of hydrogen-bond donors (Lipinski definition) is 1. The van der Waals surface area contributed by atoms with Gasteiger partial charge in [0.15, 0.2) is 9.84 Å². The molecule has 2 heterocycles. The lowest BCUT2D eigenvalue weighted by Gasteiger charge is -2.10. The van der Waals surface area contributed by atoms with Gasteiger partial charge < -0.3 is 5.32 Å². The number of nitrogens with zero attached hydrogens (tertiary/aromatic N) is 3. The molecule has 9 heteroatoms. The van der Waals surface area contributed by atoms with Crippen molar-refractivity contribution in [3.63, 3.8) is 0 Å². The van der Waals surface area contributed by atoms with E-state index in [2.05, 4.69) is 10.3 Å². The minimum atomic E-state index is -3.25. The first-order valence-electron chi connectivity index (χ1n) is 5.13. The number of hydrogen-bond acceptors (Lipinski definition) is 7. The second-order valence-electron chi connectivity index (χ2n) is 3.87. The second kappa shape index (κ2) is 4.66. The van der Waals surface area contributed by atoms with Gasteiger partial charge in [0.25, 0.3) is 0 Å². The number of nitriles is 1. The average molecular weight is 280 g/mol. The number of nitrogens with one attached hydrogen (secondary N) is 1. The minimum absolute atomic E-state index is 0.0595. The third-order valence-electron chi connectivity index (χ3n) is 2.45. The molecule has 1 aromatic heterocycles. The molecule has 0 fully saturated rings. The zero-order valence-corrected chi connectivity index (χ0v) is 10.3. The van der Waals surface area contributed by atoms with Gasteiger partial charge in [-0.3, -0.25) is 10.1 Å². The number of nitro groups is 1. The Morgan fingerprint density at radius 2 is 2.32 bits per heavy atom. The van der Waals surface area contributed by atoms with Gasteiger partial charge in [-0.2, -0.15) is 5.26 Å². The highest BCUT2D eigenvalue weighted by molar-refractivity contribution is 7.94. The lowest BCUT2D eigenvalue weighted by molar-refractivity contribution is -0.384. The highest BCUT2D eigenvalue weighted by Gasteiger charge is 2.25. The van der Waals surface area contributed by atoms with Gasteiger partial charge in [-0.15, -0.1) is 0 Å². The van der Waals surface area contributed by atoms with Gasteiger partial charge in [0.1, 0.15) is 6.07 Å². The van der Waals surface area contributed by atoms with Crippen molar-refractivity contribution in [1.29, 1.82) is 5.26 Å². The zero-order chi connectivity index (χ0) is 14.0. The van der Waals surface area contributed by atoms with Crippen LogP contribution in [0.4, 0.5) is 11.5 Å². The molecule has 98 valence electrons. The molecule has 19 heavy (non-hydrogen) atoms. The molecule has 0 aliphatic carbocycles. The fourth-order valence-corrected chi connectivity index (χ4v) is 2.84. The van der Waals surface area contributed by atoms with E-state index in [1.54, 1.807) is 6.07 Å². The van der Waals surface area contributed by atoms with Gasteiger partial charge in [-0.1, -0.05) is 0 Å². The maximum atomic E-state index is 11.2. The van der Waals surface area contributed by atoms with Crippen LogP contribution in [0, 0.1) is 21.4 Å². The van der Waals surface area contributed by atoms with E-state index in [0.717, 1.165) is 11.5 Å². The number of anilines is 1. The first-order chi connectivity index (χ1) is 8.91. The van der Waals surface area contributed by atoms with E-state index in [9.17, 15) is 18.5 Å². The zero-order valence-electron chi connectivity index (χ0n) is 9.48. The van der Waals surface area contributed by atoms with Crippen LogP contribution < -0.4 is 5.32 Å². The summed E-state index contributed by atoms with van der Waals surface area (Å²) in [7, 11) is -3.25. The molecular formula is C10H8N4O4S. The third kappa shape index (κ3) is 2.86. The SMILES string of the molecule is N#Cc1cnc(NC2C=CS(=O)(=O)C2)c([N+](=O)[O-])c1. The summed E-state index contributed by atoms with van der Waals surface area (Å²) in [5, 5.41) is 23.3. The van der Waals surface area contributed by atoms with Gasteiger partial charge in [-0.05, 0) is 6.08 Å². The fraction of sp³-hybridized carbons (Fsp3) is 0.200. The smallest absolute Gasteiger partial charge is 0.312 e. The molecular weight excluding hydrogens is 272 g/mol. The van der Waals surface area contributed by atoms with Crippen molar-refractivity contribution >= 4 is 21.3 Å². The Morgan fingerprint density at radius 3 is 2.84 bits per heavy atom. The van der Waals surface area contributed by atoms with Crippen molar-refractivity contribution in [3.05, 3.63) is 39.4 Å². The Hall–Kier alpha value is -2.47. The molecule has 1 aliphatic heterocycles.